The predicted molar refractivity (Wildman–Crippen MR) is 112 cm³/mol. The van der Waals surface area contributed by atoms with E-state index in [1.54, 1.807) is 0 Å². The number of aromatic nitrogens is 1. The van der Waals surface area contributed by atoms with Gasteiger partial charge >= 0.3 is 0 Å². The van der Waals surface area contributed by atoms with E-state index in [0.717, 1.165) is 38.3 Å². The van der Waals surface area contributed by atoms with Gasteiger partial charge in [-0.1, -0.05) is 54.6 Å². The van der Waals surface area contributed by atoms with Gasteiger partial charge in [-0.2, -0.15) is 0 Å². The summed E-state index contributed by atoms with van der Waals surface area (Å²) in [5.41, 5.74) is 3.59. The van der Waals surface area contributed by atoms with Crippen LogP contribution in [0.4, 0.5) is 4.39 Å². The van der Waals surface area contributed by atoms with Gasteiger partial charge in [-0.15, -0.1) is 0 Å². The van der Waals surface area contributed by atoms with Gasteiger partial charge in [0.1, 0.15) is 5.82 Å². The van der Waals surface area contributed by atoms with Crippen molar-refractivity contribution in [2.24, 2.45) is 5.92 Å². The van der Waals surface area contributed by atoms with E-state index in [9.17, 15) is 12.8 Å². The number of pyridine rings is 1. The van der Waals surface area contributed by atoms with Gasteiger partial charge in [0.15, 0.2) is 9.84 Å². The van der Waals surface area contributed by atoms with Crippen LogP contribution in [0.25, 0.3) is 11.1 Å². The van der Waals surface area contributed by atoms with Crippen LogP contribution in [0, 0.1) is 11.7 Å². The molecular formula is C23H23FN2O2S. The molecule has 6 heteroatoms. The molecule has 1 aromatic heterocycles. The monoisotopic (exact) mass is 410 g/mol. The Bertz CT molecular complexity index is 1070. The molecule has 0 aliphatic carbocycles. The fourth-order valence-electron chi connectivity index (χ4n) is 3.85. The molecule has 29 heavy (non-hydrogen) atoms. The van der Waals surface area contributed by atoms with Crippen molar-refractivity contribution >= 4 is 9.84 Å². The van der Waals surface area contributed by atoms with Crippen molar-refractivity contribution in [3.63, 3.8) is 0 Å². The van der Waals surface area contributed by atoms with Crippen LogP contribution in [0.15, 0.2) is 78.0 Å². The van der Waals surface area contributed by atoms with Crippen LogP contribution in [0.2, 0.25) is 0 Å². The minimum atomic E-state index is -3.53. The van der Waals surface area contributed by atoms with Crippen LogP contribution >= 0.6 is 0 Å². The lowest BCUT2D eigenvalue weighted by atomic mass is 10.0. The molecule has 0 spiro atoms. The van der Waals surface area contributed by atoms with Gasteiger partial charge < -0.3 is 0 Å². The molecule has 1 saturated heterocycles. The topological polar surface area (TPSA) is 50.3 Å². The highest BCUT2D eigenvalue weighted by Crippen LogP contribution is 2.24. The number of sulfone groups is 1. The molecule has 1 atom stereocenters. The minimum absolute atomic E-state index is 0.0293. The molecule has 2 heterocycles. The normalized spacial score (nSPS) is 17.5. The van der Waals surface area contributed by atoms with Crippen LogP contribution in [0.1, 0.15) is 12.0 Å². The van der Waals surface area contributed by atoms with E-state index in [1.807, 2.05) is 18.2 Å². The minimum Gasteiger partial charge on any atom is -0.299 e. The maximum Gasteiger partial charge on any atom is 0.180 e. The summed E-state index contributed by atoms with van der Waals surface area (Å²) in [5.74, 6) is -0.549. The smallest absolute Gasteiger partial charge is 0.180 e. The lowest BCUT2D eigenvalue weighted by Gasteiger charge is -2.16. The fourth-order valence-corrected chi connectivity index (χ4v) is 5.45. The Morgan fingerprint density at radius 3 is 2.45 bits per heavy atom. The second kappa shape index (κ2) is 8.43. The number of hydrogen-bond donors (Lipinski definition) is 0. The fraction of sp³-hybridized carbons (Fsp3) is 0.261. The summed E-state index contributed by atoms with van der Waals surface area (Å²) in [5, 5.41) is 0. The maximum absolute atomic E-state index is 13.3. The Morgan fingerprint density at radius 2 is 1.72 bits per heavy atom. The van der Waals surface area contributed by atoms with Crippen molar-refractivity contribution in [2.45, 2.75) is 17.9 Å². The molecular weight excluding hydrogens is 387 g/mol. The second-order valence-corrected chi connectivity index (χ2v) is 9.61. The Hall–Kier alpha value is -2.57. The Kier molecular flexibility index (Phi) is 5.74. The number of rotatable bonds is 6. The zero-order valence-corrected chi connectivity index (χ0v) is 16.9. The van der Waals surface area contributed by atoms with E-state index in [-0.39, 0.29) is 16.6 Å². The van der Waals surface area contributed by atoms with Crippen molar-refractivity contribution in [1.82, 2.24) is 9.88 Å². The quantitative estimate of drug-likeness (QED) is 0.612. The lowest BCUT2D eigenvalue weighted by molar-refractivity contribution is 0.320. The van der Waals surface area contributed by atoms with Gasteiger partial charge in [-0.3, -0.25) is 9.88 Å². The largest absolute Gasteiger partial charge is 0.299 e. The summed E-state index contributed by atoms with van der Waals surface area (Å²) in [4.78, 5) is 5.90. The highest BCUT2D eigenvalue weighted by atomic mass is 32.2. The summed E-state index contributed by atoms with van der Waals surface area (Å²) < 4.78 is 38.4. The van der Waals surface area contributed by atoms with Crippen molar-refractivity contribution in [3.8, 4) is 11.1 Å². The molecule has 3 aromatic rings. The Morgan fingerprint density at radius 1 is 1.00 bits per heavy atom. The summed E-state index contributed by atoms with van der Waals surface area (Å²) in [6.07, 6.45) is 3.06. The first-order valence-electron chi connectivity index (χ1n) is 9.70. The highest BCUT2D eigenvalue weighted by molar-refractivity contribution is 7.91. The molecule has 1 fully saturated rings. The first kappa shape index (κ1) is 19.7. The van der Waals surface area contributed by atoms with Crippen LogP contribution in [-0.4, -0.2) is 37.1 Å². The van der Waals surface area contributed by atoms with Gasteiger partial charge in [-0.05, 0) is 41.6 Å². The number of hydrogen-bond acceptors (Lipinski definition) is 4. The molecule has 2 aromatic carbocycles. The van der Waals surface area contributed by atoms with Crippen LogP contribution in [-0.2, 0) is 16.4 Å². The Labute approximate surface area is 170 Å². The van der Waals surface area contributed by atoms with Crippen LogP contribution < -0.4 is 0 Å². The van der Waals surface area contributed by atoms with Crippen LogP contribution in [0.5, 0.6) is 0 Å². The van der Waals surface area contributed by atoms with E-state index in [4.69, 9.17) is 0 Å². The van der Waals surface area contributed by atoms with Gasteiger partial charge in [0.25, 0.3) is 0 Å². The number of nitrogens with zero attached hydrogens (tertiary/aromatic N) is 2. The summed E-state index contributed by atoms with van der Waals surface area (Å²) in [6.45, 7) is 2.39. The van der Waals surface area contributed by atoms with Gasteiger partial charge in [0.05, 0.1) is 16.8 Å². The van der Waals surface area contributed by atoms with E-state index >= 15 is 0 Å². The van der Waals surface area contributed by atoms with Crippen molar-refractivity contribution in [1.29, 1.82) is 0 Å². The van der Waals surface area contributed by atoms with Crippen molar-refractivity contribution in [2.75, 3.05) is 18.8 Å². The SMILES string of the molecule is O=S(=O)(C[C@@H]1CCN(Cc2ccc(-c3ccccc3)cc2)C1)c1cncc(F)c1. The number of halogens is 1. The Balaban J connectivity index is 1.35. The molecule has 0 radical (unpaired) electrons. The first-order valence-corrected chi connectivity index (χ1v) is 11.3. The summed E-state index contributed by atoms with van der Waals surface area (Å²) >= 11 is 0. The van der Waals surface area contributed by atoms with Crippen molar-refractivity contribution < 1.29 is 12.8 Å². The molecule has 4 rings (SSSR count). The highest BCUT2D eigenvalue weighted by Gasteiger charge is 2.28. The average molecular weight is 411 g/mol. The van der Waals surface area contributed by atoms with E-state index < -0.39 is 15.7 Å². The third-order valence-corrected chi connectivity index (χ3v) is 7.18. The van der Waals surface area contributed by atoms with Gasteiger partial charge in [0.2, 0.25) is 0 Å². The summed E-state index contributed by atoms with van der Waals surface area (Å²) in [6, 6.07) is 19.8. The van der Waals surface area contributed by atoms with Crippen LogP contribution in [0.3, 0.4) is 0 Å². The molecule has 0 saturated carbocycles. The average Bonchev–Trinajstić information content (AvgIpc) is 3.15. The summed E-state index contributed by atoms with van der Waals surface area (Å²) in [7, 11) is -3.53. The number of likely N-dealkylation sites (tertiary alicyclic amines) is 1. The first-order chi connectivity index (χ1) is 14.0. The lowest BCUT2D eigenvalue weighted by Crippen LogP contribution is -2.23. The molecule has 4 nitrogen and oxygen atoms in total. The van der Waals surface area contributed by atoms with Crippen molar-refractivity contribution in [3.05, 3.63) is 84.4 Å². The maximum atomic E-state index is 13.3. The van der Waals surface area contributed by atoms with Gasteiger partial charge in [-0.25, -0.2) is 12.8 Å². The van der Waals surface area contributed by atoms with Gasteiger partial charge in [0, 0.05) is 19.3 Å². The zero-order valence-electron chi connectivity index (χ0n) is 16.0. The van der Waals surface area contributed by atoms with E-state index in [0.29, 0.717) is 0 Å². The standard InChI is InChI=1S/C23H23FN2O2S/c24-22-12-23(14-25-13-22)29(27,28)17-19-10-11-26(16-19)15-18-6-8-21(9-7-18)20-4-2-1-3-5-20/h1-9,12-14,19H,10-11,15-17H2/t19-/m1/s1. The molecule has 0 unspecified atom stereocenters. The third kappa shape index (κ3) is 4.89. The molecule has 150 valence electrons. The number of benzene rings is 2. The third-order valence-electron chi connectivity index (χ3n) is 5.33. The molecule has 1 aliphatic heterocycles. The zero-order chi connectivity index (χ0) is 20.3. The molecule has 0 amide bonds. The second-order valence-electron chi connectivity index (χ2n) is 7.57. The molecule has 0 N–H and O–H groups in total. The molecule has 0 bridgehead atoms. The van der Waals surface area contributed by atoms with E-state index in [2.05, 4.69) is 46.3 Å². The molecule has 1 aliphatic rings. The predicted octanol–water partition coefficient (Wildman–Crippen LogP) is 4.18. The van der Waals surface area contributed by atoms with E-state index in [1.165, 1.54) is 22.9 Å².